The normalized spacial score (nSPS) is 23.9. The zero-order valence-corrected chi connectivity index (χ0v) is 15.8. The molecule has 1 spiro atoms. The van der Waals surface area contributed by atoms with Crippen molar-refractivity contribution < 1.29 is 4.79 Å². The van der Waals surface area contributed by atoms with Crippen molar-refractivity contribution in [3.63, 3.8) is 0 Å². The van der Waals surface area contributed by atoms with Gasteiger partial charge in [0.1, 0.15) is 11.6 Å². The molecule has 3 aliphatic heterocycles. The van der Waals surface area contributed by atoms with Gasteiger partial charge in [0.2, 0.25) is 11.9 Å². The Morgan fingerprint density at radius 1 is 0.962 bits per heavy atom. The number of anilines is 3. The molecule has 1 aromatic heterocycles. The fourth-order valence-electron chi connectivity index (χ4n) is 4.45. The van der Waals surface area contributed by atoms with E-state index in [2.05, 4.69) is 37.8 Å². The topological polar surface area (TPSA) is 81.8 Å². The van der Waals surface area contributed by atoms with E-state index in [1.165, 1.54) is 0 Å². The number of hydrogen-bond donors (Lipinski definition) is 1. The molecule has 3 fully saturated rings. The lowest BCUT2D eigenvalue weighted by atomic mass is 9.77. The second-order valence-electron chi connectivity index (χ2n) is 8.15. The summed E-state index contributed by atoms with van der Waals surface area (Å²) >= 11 is 0. The van der Waals surface area contributed by atoms with Crippen LogP contribution >= 0.6 is 0 Å². The molecule has 4 rings (SSSR count). The summed E-state index contributed by atoms with van der Waals surface area (Å²) in [4.78, 5) is 29.7. The Morgan fingerprint density at radius 3 is 2.08 bits per heavy atom. The molecule has 8 heteroatoms. The van der Waals surface area contributed by atoms with Gasteiger partial charge in [0.05, 0.1) is 0 Å². The standard InChI is InChI=1S/C18H29N7O/c1-22-7-9-25(10-8-22)15-11-14(20-17(19)21-15)24-5-3-18(4-6-24)12-16(26)23(2)13-18/h11H,3-10,12-13H2,1-2H3,(H2,19,20,21). The van der Waals surface area contributed by atoms with Crippen LogP contribution in [0.15, 0.2) is 6.07 Å². The first-order chi connectivity index (χ1) is 12.4. The Balaban J connectivity index is 1.46. The first-order valence-electron chi connectivity index (χ1n) is 9.51. The second kappa shape index (κ2) is 6.57. The van der Waals surface area contributed by atoms with Crippen molar-refractivity contribution in [2.45, 2.75) is 19.3 Å². The lowest BCUT2D eigenvalue weighted by molar-refractivity contribution is -0.126. The highest BCUT2D eigenvalue weighted by molar-refractivity contribution is 5.79. The Morgan fingerprint density at radius 2 is 1.54 bits per heavy atom. The molecule has 0 unspecified atom stereocenters. The van der Waals surface area contributed by atoms with E-state index >= 15 is 0 Å². The summed E-state index contributed by atoms with van der Waals surface area (Å²) in [5.41, 5.74) is 6.17. The van der Waals surface area contributed by atoms with Crippen LogP contribution in [0.3, 0.4) is 0 Å². The Labute approximate surface area is 155 Å². The van der Waals surface area contributed by atoms with Gasteiger partial charge in [-0.05, 0) is 19.9 Å². The van der Waals surface area contributed by atoms with Crippen LogP contribution in [0.5, 0.6) is 0 Å². The number of likely N-dealkylation sites (tertiary alicyclic amines) is 1. The Bertz CT molecular complexity index is 678. The summed E-state index contributed by atoms with van der Waals surface area (Å²) < 4.78 is 0. The predicted octanol–water partition coefficient (Wildman–Crippen LogP) is 0.259. The van der Waals surface area contributed by atoms with Gasteiger partial charge in [-0.25, -0.2) is 0 Å². The van der Waals surface area contributed by atoms with Crippen molar-refractivity contribution in [1.82, 2.24) is 19.8 Å². The molecule has 0 saturated carbocycles. The number of nitrogens with two attached hydrogens (primary N) is 1. The number of carbonyl (C=O) groups excluding carboxylic acids is 1. The zero-order valence-electron chi connectivity index (χ0n) is 15.8. The van der Waals surface area contributed by atoms with Crippen LogP contribution in [0, 0.1) is 5.41 Å². The largest absolute Gasteiger partial charge is 0.368 e. The third-order valence-corrected chi connectivity index (χ3v) is 6.22. The number of aromatic nitrogens is 2. The van der Waals surface area contributed by atoms with Crippen LogP contribution in [0.25, 0.3) is 0 Å². The summed E-state index contributed by atoms with van der Waals surface area (Å²) in [6, 6.07) is 2.07. The number of carbonyl (C=O) groups is 1. The van der Waals surface area contributed by atoms with E-state index in [0.29, 0.717) is 12.4 Å². The van der Waals surface area contributed by atoms with Gasteiger partial charge in [0.15, 0.2) is 0 Å². The summed E-state index contributed by atoms with van der Waals surface area (Å²) in [5.74, 6) is 2.46. The highest BCUT2D eigenvalue weighted by Gasteiger charge is 2.43. The quantitative estimate of drug-likeness (QED) is 0.811. The number of amides is 1. The van der Waals surface area contributed by atoms with Gasteiger partial charge in [-0.15, -0.1) is 0 Å². The van der Waals surface area contributed by atoms with Crippen molar-refractivity contribution in [3.8, 4) is 0 Å². The molecule has 2 N–H and O–H groups in total. The minimum absolute atomic E-state index is 0.154. The molecule has 8 nitrogen and oxygen atoms in total. The monoisotopic (exact) mass is 359 g/mol. The van der Waals surface area contributed by atoms with Crippen molar-refractivity contribution in [1.29, 1.82) is 0 Å². The van der Waals surface area contributed by atoms with E-state index in [0.717, 1.165) is 70.3 Å². The Hall–Kier alpha value is -2.09. The maximum absolute atomic E-state index is 12.0. The Kier molecular flexibility index (Phi) is 4.38. The smallest absolute Gasteiger partial charge is 0.223 e. The first kappa shape index (κ1) is 17.3. The van der Waals surface area contributed by atoms with Crippen LogP contribution in [0.4, 0.5) is 17.6 Å². The number of rotatable bonds is 2. The van der Waals surface area contributed by atoms with Crippen LogP contribution in [0.2, 0.25) is 0 Å². The zero-order chi connectivity index (χ0) is 18.3. The van der Waals surface area contributed by atoms with Gasteiger partial charge in [0.25, 0.3) is 0 Å². The van der Waals surface area contributed by atoms with Gasteiger partial charge in [-0.2, -0.15) is 9.97 Å². The maximum atomic E-state index is 12.0. The predicted molar refractivity (Wildman–Crippen MR) is 102 cm³/mol. The molecule has 26 heavy (non-hydrogen) atoms. The molecule has 1 aromatic rings. The van der Waals surface area contributed by atoms with E-state index in [1.807, 2.05) is 11.9 Å². The van der Waals surface area contributed by atoms with Gasteiger partial charge >= 0.3 is 0 Å². The van der Waals surface area contributed by atoms with Crippen molar-refractivity contribution in [3.05, 3.63) is 6.07 Å². The molecular formula is C18H29N7O. The molecule has 1 amide bonds. The molecule has 0 bridgehead atoms. The SMILES string of the molecule is CN1CCN(c2cc(N3CCC4(CC3)CC(=O)N(C)C4)nc(N)n2)CC1. The number of nitrogens with zero attached hydrogens (tertiary/aromatic N) is 6. The van der Waals surface area contributed by atoms with Crippen LogP contribution in [0.1, 0.15) is 19.3 Å². The number of piperazine rings is 1. The number of hydrogen-bond acceptors (Lipinski definition) is 7. The van der Waals surface area contributed by atoms with Gasteiger partial charge in [-0.3, -0.25) is 4.79 Å². The molecule has 3 aliphatic rings. The summed E-state index contributed by atoms with van der Waals surface area (Å²) in [7, 11) is 4.06. The lowest BCUT2D eigenvalue weighted by Crippen LogP contribution is -2.45. The minimum Gasteiger partial charge on any atom is -0.368 e. The third kappa shape index (κ3) is 3.30. The fourth-order valence-corrected chi connectivity index (χ4v) is 4.45. The van der Waals surface area contributed by atoms with Gasteiger partial charge in [-0.1, -0.05) is 0 Å². The fraction of sp³-hybridized carbons (Fsp3) is 0.722. The number of nitrogen functional groups attached to an aromatic ring is 1. The second-order valence-corrected chi connectivity index (χ2v) is 8.15. The summed E-state index contributed by atoms with van der Waals surface area (Å²) in [6.45, 7) is 6.71. The van der Waals surface area contributed by atoms with E-state index < -0.39 is 0 Å². The average molecular weight is 359 g/mol. The molecule has 0 aromatic carbocycles. The molecule has 0 aliphatic carbocycles. The van der Waals surface area contributed by atoms with Crippen molar-refractivity contribution in [2.75, 3.05) is 75.4 Å². The van der Waals surface area contributed by atoms with Crippen molar-refractivity contribution in [2.24, 2.45) is 5.41 Å². The molecule has 4 heterocycles. The summed E-state index contributed by atoms with van der Waals surface area (Å²) in [6.07, 6.45) is 2.74. The molecule has 0 atom stereocenters. The first-order valence-corrected chi connectivity index (χ1v) is 9.51. The third-order valence-electron chi connectivity index (χ3n) is 6.22. The molecule has 142 valence electrons. The molecule has 0 radical (unpaired) electrons. The van der Waals surface area contributed by atoms with E-state index in [4.69, 9.17) is 5.73 Å². The number of piperidine rings is 1. The summed E-state index contributed by atoms with van der Waals surface area (Å²) in [5, 5.41) is 0. The highest BCUT2D eigenvalue weighted by Crippen LogP contribution is 2.41. The van der Waals surface area contributed by atoms with Gasteiger partial charge < -0.3 is 25.3 Å². The van der Waals surface area contributed by atoms with Crippen LogP contribution < -0.4 is 15.5 Å². The molecule has 3 saturated heterocycles. The van der Waals surface area contributed by atoms with Crippen molar-refractivity contribution >= 4 is 23.5 Å². The lowest BCUT2D eigenvalue weighted by Gasteiger charge is -2.39. The minimum atomic E-state index is 0.154. The average Bonchev–Trinajstić information content (AvgIpc) is 2.89. The van der Waals surface area contributed by atoms with E-state index in [-0.39, 0.29) is 11.3 Å². The highest BCUT2D eigenvalue weighted by atomic mass is 16.2. The number of likely N-dealkylation sites (N-methyl/N-ethyl adjacent to an activating group) is 1. The van der Waals surface area contributed by atoms with Gasteiger partial charge in [0, 0.05) is 70.8 Å². The molecular weight excluding hydrogens is 330 g/mol. The van der Waals surface area contributed by atoms with E-state index in [1.54, 1.807) is 0 Å². The van der Waals surface area contributed by atoms with E-state index in [9.17, 15) is 4.79 Å². The van der Waals surface area contributed by atoms with Crippen LogP contribution in [-0.2, 0) is 4.79 Å². The maximum Gasteiger partial charge on any atom is 0.223 e. The van der Waals surface area contributed by atoms with Crippen LogP contribution in [-0.4, -0.2) is 85.6 Å².